The fourth-order valence-corrected chi connectivity index (χ4v) is 2.79. The summed E-state index contributed by atoms with van der Waals surface area (Å²) in [5.41, 5.74) is -0.779. The van der Waals surface area contributed by atoms with Crippen LogP contribution in [-0.2, 0) is 16.1 Å². The lowest BCUT2D eigenvalue weighted by Gasteiger charge is -2.29. The van der Waals surface area contributed by atoms with Crippen molar-refractivity contribution in [3.05, 3.63) is 39.2 Å². The average molecular weight is 307 g/mol. The number of halogens is 1. The highest BCUT2D eigenvalue weighted by atomic mass is 19.1. The van der Waals surface area contributed by atoms with Gasteiger partial charge in [0.1, 0.15) is 11.9 Å². The number of nitrogens with zero attached hydrogens (tertiary/aromatic N) is 2. The number of carbonyl (C=O) groups excluding carboxylic acids is 3. The van der Waals surface area contributed by atoms with Gasteiger partial charge in [0.2, 0.25) is 11.8 Å². The highest BCUT2D eigenvalue weighted by Gasteiger charge is 2.43. The van der Waals surface area contributed by atoms with E-state index < -0.39 is 34.5 Å². The first-order valence-corrected chi connectivity index (χ1v) is 6.50. The molecule has 2 heterocycles. The first-order chi connectivity index (χ1) is 10.4. The van der Waals surface area contributed by atoms with Crippen LogP contribution in [0, 0.1) is 15.9 Å². The van der Waals surface area contributed by atoms with Crippen LogP contribution in [0.5, 0.6) is 0 Å². The molecule has 2 aliphatic heterocycles. The summed E-state index contributed by atoms with van der Waals surface area (Å²) in [5, 5.41) is 13.1. The van der Waals surface area contributed by atoms with Crippen LogP contribution in [0.1, 0.15) is 28.8 Å². The highest BCUT2D eigenvalue weighted by Crippen LogP contribution is 2.34. The van der Waals surface area contributed by atoms with E-state index in [0.29, 0.717) is 0 Å². The van der Waals surface area contributed by atoms with Gasteiger partial charge in [-0.15, -0.1) is 0 Å². The molecule has 3 amide bonds. The van der Waals surface area contributed by atoms with Gasteiger partial charge in [-0.1, -0.05) is 0 Å². The predicted octanol–water partition coefficient (Wildman–Crippen LogP) is 0.495. The van der Waals surface area contributed by atoms with Gasteiger partial charge in [0.15, 0.2) is 0 Å². The van der Waals surface area contributed by atoms with E-state index in [1.54, 1.807) is 0 Å². The standard InChI is InChI=1S/C13H10FN3O5/c14-7-1-2-8(17(21)22)6-5-16(13(20)11(6)7)9-3-4-10(18)15-12(9)19/h1-2,9H,3-5H2,(H,15,18,19). The number of rotatable bonds is 2. The van der Waals surface area contributed by atoms with Crippen LogP contribution in [-0.4, -0.2) is 33.6 Å². The molecule has 1 N–H and O–H groups in total. The van der Waals surface area contributed by atoms with Crippen molar-refractivity contribution in [3.63, 3.8) is 0 Å². The summed E-state index contributed by atoms with van der Waals surface area (Å²) in [6, 6.07) is 0.926. The monoisotopic (exact) mass is 307 g/mol. The fraction of sp³-hybridized carbons (Fsp3) is 0.308. The number of nitro groups is 1. The maximum absolute atomic E-state index is 13.9. The summed E-state index contributed by atoms with van der Waals surface area (Å²) in [6.07, 6.45) is 0.168. The molecule has 2 aliphatic rings. The number of carbonyl (C=O) groups is 3. The minimum atomic E-state index is -0.934. The molecule has 1 aromatic carbocycles. The van der Waals surface area contributed by atoms with E-state index in [1.807, 2.05) is 0 Å². The summed E-state index contributed by atoms with van der Waals surface area (Å²) >= 11 is 0. The SMILES string of the molecule is O=C1CCC(N2Cc3c([N+](=O)[O-])ccc(F)c3C2=O)C(=O)N1. The van der Waals surface area contributed by atoms with E-state index in [0.717, 1.165) is 17.0 Å². The van der Waals surface area contributed by atoms with Gasteiger partial charge in [-0.05, 0) is 12.5 Å². The Balaban J connectivity index is 1.99. The summed E-state index contributed by atoms with van der Waals surface area (Å²) in [7, 11) is 0. The molecule has 22 heavy (non-hydrogen) atoms. The van der Waals surface area contributed by atoms with E-state index in [4.69, 9.17) is 0 Å². The van der Waals surface area contributed by atoms with Crippen LogP contribution >= 0.6 is 0 Å². The molecule has 1 saturated heterocycles. The summed E-state index contributed by atoms with van der Waals surface area (Å²) < 4.78 is 13.9. The van der Waals surface area contributed by atoms with E-state index in [9.17, 15) is 28.9 Å². The van der Waals surface area contributed by atoms with E-state index in [2.05, 4.69) is 5.32 Å². The Hall–Kier alpha value is -2.84. The summed E-state index contributed by atoms with van der Waals surface area (Å²) in [5.74, 6) is -2.73. The molecular weight excluding hydrogens is 297 g/mol. The second-order valence-electron chi connectivity index (χ2n) is 5.08. The number of hydrogen-bond acceptors (Lipinski definition) is 5. The molecule has 0 radical (unpaired) electrons. The molecule has 0 saturated carbocycles. The van der Waals surface area contributed by atoms with Crippen LogP contribution in [0.2, 0.25) is 0 Å². The zero-order chi connectivity index (χ0) is 16.0. The zero-order valence-corrected chi connectivity index (χ0v) is 11.2. The third-order valence-corrected chi connectivity index (χ3v) is 3.82. The van der Waals surface area contributed by atoms with Gasteiger partial charge in [0.25, 0.3) is 11.6 Å². The van der Waals surface area contributed by atoms with Gasteiger partial charge in [0.05, 0.1) is 22.6 Å². The maximum atomic E-state index is 13.9. The van der Waals surface area contributed by atoms with E-state index >= 15 is 0 Å². The van der Waals surface area contributed by atoms with Crippen molar-refractivity contribution in [2.45, 2.75) is 25.4 Å². The molecule has 8 nitrogen and oxygen atoms in total. The summed E-state index contributed by atoms with van der Waals surface area (Å²) in [4.78, 5) is 46.7. The summed E-state index contributed by atoms with van der Waals surface area (Å²) in [6.45, 7) is -0.228. The first kappa shape index (κ1) is 14.1. The highest BCUT2D eigenvalue weighted by molar-refractivity contribution is 6.06. The van der Waals surface area contributed by atoms with E-state index in [-0.39, 0.29) is 36.2 Å². The Morgan fingerprint density at radius 3 is 2.68 bits per heavy atom. The second kappa shape index (κ2) is 4.86. The molecule has 9 heteroatoms. The Labute approximate surface area is 123 Å². The van der Waals surface area contributed by atoms with Crippen molar-refractivity contribution in [1.82, 2.24) is 10.2 Å². The Bertz CT molecular complexity index is 733. The molecule has 1 fully saturated rings. The number of benzene rings is 1. The number of amides is 3. The zero-order valence-electron chi connectivity index (χ0n) is 11.2. The number of hydrogen-bond donors (Lipinski definition) is 1. The largest absolute Gasteiger partial charge is 0.322 e. The lowest BCUT2D eigenvalue weighted by Crippen LogP contribution is -2.52. The fourth-order valence-electron chi connectivity index (χ4n) is 2.79. The molecule has 1 aromatic rings. The predicted molar refractivity (Wildman–Crippen MR) is 69.1 cm³/mol. The number of imide groups is 1. The van der Waals surface area contributed by atoms with Crippen LogP contribution in [0.25, 0.3) is 0 Å². The third-order valence-electron chi connectivity index (χ3n) is 3.82. The lowest BCUT2D eigenvalue weighted by molar-refractivity contribution is -0.385. The normalized spacial score (nSPS) is 20.9. The minimum absolute atomic E-state index is 0.0419. The smallest absolute Gasteiger partial charge is 0.275 e. The van der Waals surface area contributed by atoms with Crippen LogP contribution in [0.15, 0.2) is 12.1 Å². The van der Waals surface area contributed by atoms with Gasteiger partial charge in [-0.2, -0.15) is 0 Å². The minimum Gasteiger partial charge on any atom is -0.322 e. The Kier molecular flexibility index (Phi) is 3.12. The topological polar surface area (TPSA) is 110 Å². The molecule has 1 atom stereocenters. The van der Waals surface area contributed by atoms with Crippen LogP contribution < -0.4 is 5.32 Å². The van der Waals surface area contributed by atoms with Crippen molar-refractivity contribution in [2.24, 2.45) is 0 Å². The van der Waals surface area contributed by atoms with Crippen molar-refractivity contribution in [1.29, 1.82) is 0 Å². The molecule has 0 bridgehead atoms. The molecule has 0 aromatic heterocycles. The van der Waals surface area contributed by atoms with Gasteiger partial charge in [-0.25, -0.2) is 4.39 Å². The molecule has 0 aliphatic carbocycles. The lowest BCUT2D eigenvalue weighted by atomic mass is 10.0. The average Bonchev–Trinajstić information content (AvgIpc) is 2.77. The van der Waals surface area contributed by atoms with Gasteiger partial charge < -0.3 is 4.90 Å². The Morgan fingerprint density at radius 2 is 2.05 bits per heavy atom. The molecular formula is C13H10FN3O5. The van der Waals surface area contributed by atoms with E-state index in [1.165, 1.54) is 0 Å². The molecule has 114 valence electrons. The van der Waals surface area contributed by atoms with Crippen molar-refractivity contribution in [3.8, 4) is 0 Å². The second-order valence-corrected chi connectivity index (χ2v) is 5.08. The van der Waals surface area contributed by atoms with Crippen molar-refractivity contribution >= 4 is 23.4 Å². The van der Waals surface area contributed by atoms with Crippen LogP contribution in [0.3, 0.4) is 0 Å². The van der Waals surface area contributed by atoms with Gasteiger partial charge in [0, 0.05) is 12.5 Å². The van der Waals surface area contributed by atoms with Crippen LogP contribution in [0.4, 0.5) is 10.1 Å². The van der Waals surface area contributed by atoms with Crippen molar-refractivity contribution in [2.75, 3.05) is 0 Å². The number of piperidine rings is 1. The quantitative estimate of drug-likeness (QED) is 0.486. The first-order valence-electron chi connectivity index (χ1n) is 6.50. The molecule has 3 rings (SSSR count). The van der Waals surface area contributed by atoms with Gasteiger partial charge >= 0.3 is 0 Å². The van der Waals surface area contributed by atoms with Crippen molar-refractivity contribution < 1.29 is 23.7 Å². The number of nitrogens with one attached hydrogen (secondary N) is 1. The van der Waals surface area contributed by atoms with Gasteiger partial charge in [-0.3, -0.25) is 29.8 Å². The number of nitro benzene ring substituents is 1. The third kappa shape index (κ3) is 2.01. The molecule has 0 spiro atoms. The molecule has 1 unspecified atom stereocenters. The maximum Gasteiger partial charge on any atom is 0.275 e. The number of fused-ring (bicyclic) bond motifs is 1. The Morgan fingerprint density at radius 1 is 1.32 bits per heavy atom.